The lowest BCUT2D eigenvalue weighted by Crippen LogP contribution is -2.44. The van der Waals surface area contributed by atoms with Crippen LogP contribution in [0.2, 0.25) is 0 Å². The first-order valence-corrected chi connectivity index (χ1v) is 12.4. The summed E-state index contributed by atoms with van der Waals surface area (Å²) in [6, 6.07) is 0. The van der Waals surface area contributed by atoms with Gasteiger partial charge < -0.3 is 23.7 Å². The van der Waals surface area contributed by atoms with Crippen LogP contribution in [0.4, 0.5) is 0 Å². The number of hydrogen-bond acceptors (Lipinski definition) is 5. The quantitative estimate of drug-likeness (QED) is 0.577. The lowest BCUT2D eigenvalue weighted by atomic mass is 9.72. The number of hydrogen-bond donors (Lipinski definition) is 0. The Balaban J connectivity index is 1.31. The van der Waals surface area contributed by atoms with Crippen molar-refractivity contribution in [1.29, 1.82) is 0 Å². The van der Waals surface area contributed by atoms with Crippen LogP contribution >= 0.6 is 0 Å². The highest BCUT2D eigenvalue weighted by molar-refractivity contribution is 5.02. The van der Waals surface area contributed by atoms with E-state index in [-0.39, 0.29) is 30.9 Å². The second-order valence-corrected chi connectivity index (χ2v) is 10.3. The fourth-order valence-corrected chi connectivity index (χ4v) is 7.00. The molecule has 5 nitrogen and oxygen atoms in total. The second-order valence-electron chi connectivity index (χ2n) is 10.3. The molecule has 5 fully saturated rings. The molecule has 0 aromatic heterocycles. The van der Waals surface area contributed by atoms with Crippen LogP contribution in [-0.2, 0) is 23.7 Å². The zero-order chi connectivity index (χ0) is 19.9. The van der Waals surface area contributed by atoms with E-state index in [1.165, 1.54) is 70.6 Å². The third-order valence-electron chi connectivity index (χ3n) is 8.37. The molecule has 6 atom stereocenters. The summed E-state index contributed by atoms with van der Waals surface area (Å²) in [5, 5.41) is 0. The van der Waals surface area contributed by atoms with Crippen molar-refractivity contribution in [1.82, 2.24) is 0 Å². The molecule has 2 aliphatic heterocycles. The van der Waals surface area contributed by atoms with Gasteiger partial charge in [0.1, 0.15) is 12.2 Å². The van der Waals surface area contributed by atoms with Crippen molar-refractivity contribution in [3.8, 4) is 0 Å². The molecular weight excluding hydrogens is 368 g/mol. The molecule has 0 aromatic rings. The van der Waals surface area contributed by atoms with Crippen molar-refractivity contribution in [2.24, 2.45) is 11.3 Å². The summed E-state index contributed by atoms with van der Waals surface area (Å²) in [6.07, 6.45) is 15.8. The van der Waals surface area contributed by atoms with Gasteiger partial charge in [0, 0.05) is 19.4 Å². The second kappa shape index (κ2) is 8.38. The first-order valence-electron chi connectivity index (χ1n) is 12.4. The number of fused-ring (bicyclic) bond motifs is 1. The molecule has 0 amide bonds. The highest BCUT2D eigenvalue weighted by atomic mass is 16.8. The molecule has 3 aliphatic carbocycles. The van der Waals surface area contributed by atoms with Gasteiger partial charge in [-0.15, -0.1) is 0 Å². The normalized spacial score (nSPS) is 41.8. The molecule has 5 heteroatoms. The van der Waals surface area contributed by atoms with Gasteiger partial charge in [-0.3, -0.25) is 0 Å². The fourth-order valence-electron chi connectivity index (χ4n) is 7.00. The third kappa shape index (κ3) is 4.03. The average Bonchev–Trinajstić information content (AvgIpc) is 3.36. The van der Waals surface area contributed by atoms with Gasteiger partial charge in [-0.2, -0.15) is 0 Å². The Morgan fingerprint density at radius 2 is 1.62 bits per heavy atom. The van der Waals surface area contributed by atoms with E-state index >= 15 is 0 Å². The minimum atomic E-state index is -0.435. The van der Waals surface area contributed by atoms with Gasteiger partial charge in [0.05, 0.1) is 6.10 Å². The van der Waals surface area contributed by atoms with E-state index in [0.29, 0.717) is 17.9 Å². The standard InChI is InChI=1S/C24H40O5/c1-3-25-17(2)26-20-19(18-10-15-23(16-18)11-6-4-7-12-23)27-22-21(20)28-24(29-22)13-8-5-9-14-24/h17-22H,3-16H2,1-2H3/t17?,18?,19-,20+,21-,22-/m1/s1. The van der Waals surface area contributed by atoms with E-state index < -0.39 is 5.79 Å². The van der Waals surface area contributed by atoms with Crippen molar-refractivity contribution in [3.05, 3.63) is 0 Å². The Labute approximate surface area is 176 Å². The molecule has 166 valence electrons. The molecule has 0 radical (unpaired) electrons. The minimum Gasteiger partial charge on any atom is -0.353 e. The Bertz CT molecular complexity index is 553. The van der Waals surface area contributed by atoms with Crippen molar-refractivity contribution in [2.45, 2.75) is 134 Å². The van der Waals surface area contributed by atoms with Crippen molar-refractivity contribution in [3.63, 3.8) is 0 Å². The van der Waals surface area contributed by atoms with Gasteiger partial charge in [0.2, 0.25) is 0 Å². The molecule has 3 saturated carbocycles. The molecule has 0 N–H and O–H groups in total. The number of ether oxygens (including phenoxy) is 5. The van der Waals surface area contributed by atoms with Crippen molar-refractivity contribution in [2.75, 3.05) is 6.61 Å². The molecule has 2 spiro atoms. The summed E-state index contributed by atoms with van der Waals surface area (Å²) in [5.41, 5.74) is 0.562. The zero-order valence-electron chi connectivity index (χ0n) is 18.4. The Morgan fingerprint density at radius 1 is 0.897 bits per heavy atom. The maximum atomic E-state index is 6.60. The predicted molar refractivity (Wildman–Crippen MR) is 109 cm³/mol. The van der Waals surface area contributed by atoms with Crippen LogP contribution in [0.3, 0.4) is 0 Å². The highest BCUT2D eigenvalue weighted by Crippen LogP contribution is 2.55. The summed E-state index contributed by atoms with van der Waals surface area (Å²) >= 11 is 0. The summed E-state index contributed by atoms with van der Waals surface area (Å²) in [5.74, 6) is 0.113. The summed E-state index contributed by atoms with van der Waals surface area (Å²) in [6.45, 7) is 4.67. The minimum absolute atomic E-state index is 0.0650. The monoisotopic (exact) mass is 408 g/mol. The molecule has 0 bridgehead atoms. The smallest absolute Gasteiger partial charge is 0.190 e. The highest BCUT2D eigenvalue weighted by Gasteiger charge is 2.61. The summed E-state index contributed by atoms with van der Waals surface area (Å²) in [7, 11) is 0. The first kappa shape index (κ1) is 20.7. The van der Waals surface area contributed by atoms with Crippen LogP contribution in [0.1, 0.15) is 97.3 Å². The van der Waals surface area contributed by atoms with Gasteiger partial charge in [0.15, 0.2) is 18.4 Å². The lowest BCUT2D eigenvalue weighted by molar-refractivity contribution is -0.264. The molecule has 2 heterocycles. The molecule has 29 heavy (non-hydrogen) atoms. The largest absolute Gasteiger partial charge is 0.353 e. The Morgan fingerprint density at radius 3 is 2.34 bits per heavy atom. The van der Waals surface area contributed by atoms with Crippen LogP contribution < -0.4 is 0 Å². The molecule has 2 saturated heterocycles. The van der Waals surface area contributed by atoms with Crippen LogP contribution in [0, 0.1) is 11.3 Å². The Hall–Kier alpha value is -0.200. The Kier molecular flexibility index (Phi) is 5.98. The molecule has 5 aliphatic rings. The SMILES string of the molecule is CCOC(C)O[C@@H]1[C@H]2OC3(CCCCC3)O[C@H]2O[C@@H]1C1CCC2(CCCCC2)C1. The van der Waals surface area contributed by atoms with Gasteiger partial charge in [-0.1, -0.05) is 25.7 Å². The van der Waals surface area contributed by atoms with Gasteiger partial charge in [-0.25, -0.2) is 0 Å². The van der Waals surface area contributed by atoms with Gasteiger partial charge >= 0.3 is 0 Å². The zero-order valence-corrected chi connectivity index (χ0v) is 18.4. The van der Waals surface area contributed by atoms with Crippen molar-refractivity contribution < 1.29 is 23.7 Å². The van der Waals surface area contributed by atoms with Crippen LogP contribution in [0.5, 0.6) is 0 Å². The van der Waals surface area contributed by atoms with E-state index in [2.05, 4.69) is 0 Å². The topological polar surface area (TPSA) is 46.2 Å². The average molecular weight is 409 g/mol. The fraction of sp³-hybridized carbons (Fsp3) is 1.00. The predicted octanol–water partition coefficient (Wildman–Crippen LogP) is 5.31. The van der Waals surface area contributed by atoms with E-state index in [4.69, 9.17) is 23.7 Å². The van der Waals surface area contributed by atoms with Gasteiger partial charge in [-0.05, 0) is 70.1 Å². The van der Waals surface area contributed by atoms with Crippen LogP contribution in [-0.4, -0.2) is 43.3 Å². The maximum Gasteiger partial charge on any atom is 0.190 e. The molecular formula is C24H40O5. The van der Waals surface area contributed by atoms with E-state index in [9.17, 15) is 0 Å². The van der Waals surface area contributed by atoms with Crippen molar-refractivity contribution >= 4 is 0 Å². The van der Waals surface area contributed by atoms with Gasteiger partial charge in [0.25, 0.3) is 0 Å². The maximum absolute atomic E-state index is 6.60. The molecule has 2 unspecified atom stereocenters. The lowest BCUT2D eigenvalue weighted by Gasteiger charge is -2.37. The molecule has 5 rings (SSSR count). The third-order valence-corrected chi connectivity index (χ3v) is 8.37. The summed E-state index contributed by atoms with van der Waals surface area (Å²) in [4.78, 5) is 0. The number of rotatable bonds is 5. The first-order chi connectivity index (χ1) is 14.1. The molecule has 0 aromatic carbocycles. The van der Waals surface area contributed by atoms with Crippen LogP contribution in [0.15, 0.2) is 0 Å². The summed E-state index contributed by atoms with van der Waals surface area (Å²) < 4.78 is 31.8. The van der Waals surface area contributed by atoms with E-state index in [1.807, 2.05) is 13.8 Å². The van der Waals surface area contributed by atoms with Crippen LogP contribution in [0.25, 0.3) is 0 Å². The van der Waals surface area contributed by atoms with E-state index in [1.54, 1.807) is 0 Å². The van der Waals surface area contributed by atoms with E-state index in [0.717, 1.165) is 12.8 Å².